The Morgan fingerprint density at radius 2 is 1.81 bits per heavy atom. The van der Waals surface area contributed by atoms with Crippen LogP contribution in [0, 0.1) is 6.92 Å². The SMILES string of the molecule is COc1ccc(-c2nc3c4c(C)cccc4nc(Nc4ccccnc4=O)n3n2)cc1. The molecule has 0 unspecified atom stereocenters. The molecule has 0 fully saturated rings. The lowest BCUT2D eigenvalue weighted by atomic mass is 10.1. The molecule has 3 heterocycles. The van der Waals surface area contributed by atoms with E-state index in [2.05, 4.69) is 15.4 Å². The van der Waals surface area contributed by atoms with E-state index in [0.29, 0.717) is 23.1 Å². The summed E-state index contributed by atoms with van der Waals surface area (Å²) in [6, 6.07) is 18.5. The summed E-state index contributed by atoms with van der Waals surface area (Å²) in [5.41, 5.74) is 3.19. The smallest absolute Gasteiger partial charge is 0.293 e. The molecule has 0 spiro atoms. The van der Waals surface area contributed by atoms with Crippen molar-refractivity contribution in [1.29, 1.82) is 0 Å². The first-order valence-electron chi connectivity index (χ1n) is 9.67. The summed E-state index contributed by atoms with van der Waals surface area (Å²) < 4.78 is 6.87. The van der Waals surface area contributed by atoms with Gasteiger partial charge in [-0.05, 0) is 55.0 Å². The zero-order valence-corrected chi connectivity index (χ0v) is 16.9. The zero-order chi connectivity index (χ0) is 21.4. The Balaban J connectivity index is 1.75. The van der Waals surface area contributed by atoms with Gasteiger partial charge in [0.15, 0.2) is 11.5 Å². The third-order valence-electron chi connectivity index (χ3n) is 4.99. The molecule has 2 aromatic carbocycles. The molecule has 5 rings (SSSR count). The van der Waals surface area contributed by atoms with Gasteiger partial charge in [0.25, 0.3) is 5.56 Å². The monoisotopic (exact) mass is 410 g/mol. The predicted octanol–water partition coefficient (Wildman–Crippen LogP) is 3.76. The van der Waals surface area contributed by atoms with Crippen molar-refractivity contribution in [1.82, 2.24) is 24.6 Å². The Labute approximate surface area is 177 Å². The Hall–Kier alpha value is -4.33. The zero-order valence-electron chi connectivity index (χ0n) is 16.9. The maximum absolute atomic E-state index is 12.3. The average molecular weight is 410 g/mol. The fraction of sp³-hybridized carbons (Fsp3) is 0.0870. The number of ether oxygens (including phenoxy) is 1. The number of rotatable bonds is 4. The van der Waals surface area contributed by atoms with Gasteiger partial charge >= 0.3 is 0 Å². The van der Waals surface area contributed by atoms with E-state index in [4.69, 9.17) is 14.7 Å². The van der Waals surface area contributed by atoms with Crippen LogP contribution in [0.25, 0.3) is 27.9 Å². The third-order valence-corrected chi connectivity index (χ3v) is 4.99. The normalized spacial score (nSPS) is 11.0. The molecule has 5 aromatic rings. The van der Waals surface area contributed by atoms with Gasteiger partial charge in [-0.1, -0.05) is 18.2 Å². The highest BCUT2D eigenvalue weighted by molar-refractivity contribution is 5.95. The molecular formula is C23H18N6O2. The molecule has 0 bridgehead atoms. The van der Waals surface area contributed by atoms with E-state index in [-0.39, 0.29) is 5.56 Å². The predicted molar refractivity (Wildman–Crippen MR) is 119 cm³/mol. The first-order chi connectivity index (χ1) is 15.1. The highest BCUT2D eigenvalue weighted by Crippen LogP contribution is 2.28. The molecule has 1 N–H and O–H groups in total. The summed E-state index contributed by atoms with van der Waals surface area (Å²) in [5.74, 6) is 1.68. The maximum atomic E-state index is 12.3. The van der Waals surface area contributed by atoms with Crippen molar-refractivity contribution in [3.05, 3.63) is 82.8 Å². The van der Waals surface area contributed by atoms with Crippen LogP contribution in [-0.4, -0.2) is 31.7 Å². The van der Waals surface area contributed by atoms with Gasteiger partial charge in [0, 0.05) is 17.1 Å². The minimum Gasteiger partial charge on any atom is -0.497 e. The van der Waals surface area contributed by atoms with Crippen molar-refractivity contribution in [3.8, 4) is 17.1 Å². The van der Waals surface area contributed by atoms with E-state index in [0.717, 1.165) is 27.8 Å². The van der Waals surface area contributed by atoms with Crippen LogP contribution in [0.15, 0.2) is 71.7 Å². The standard InChI is InChI=1S/C23H18N6O2/c1-14-6-5-8-17-19(14)21-27-20(15-9-11-16(31-2)12-10-15)28-29(21)23(25-17)26-18-7-3-4-13-24-22(18)30/h3-13H,1-2H3,(H,24,25,26,30). The second-order valence-electron chi connectivity index (χ2n) is 6.98. The molecule has 0 amide bonds. The summed E-state index contributed by atoms with van der Waals surface area (Å²) in [4.78, 5) is 25.7. The van der Waals surface area contributed by atoms with Crippen molar-refractivity contribution in [2.75, 3.05) is 12.4 Å². The van der Waals surface area contributed by atoms with Crippen LogP contribution in [0.3, 0.4) is 0 Å². The molecule has 31 heavy (non-hydrogen) atoms. The lowest BCUT2D eigenvalue weighted by Gasteiger charge is -2.09. The van der Waals surface area contributed by atoms with Crippen molar-refractivity contribution in [3.63, 3.8) is 0 Å². The Kier molecular flexibility index (Phi) is 4.51. The number of hydrogen-bond acceptors (Lipinski definition) is 7. The summed E-state index contributed by atoms with van der Waals surface area (Å²) in [6.45, 7) is 2.01. The highest BCUT2D eigenvalue weighted by atomic mass is 16.5. The lowest BCUT2D eigenvalue weighted by molar-refractivity contribution is 0.415. The first-order valence-corrected chi connectivity index (χ1v) is 9.67. The third kappa shape index (κ3) is 3.33. The number of aryl methyl sites for hydroxylation is 1. The van der Waals surface area contributed by atoms with E-state index in [9.17, 15) is 4.79 Å². The summed E-state index contributed by atoms with van der Waals surface area (Å²) >= 11 is 0. The quantitative estimate of drug-likeness (QED) is 0.482. The second-order valence-corrected chi connectivity index (χ2v) is 6.98. The largest absolute Gasteiger partial charge is 0.497 e. The number of hydrogen-bond donors (Lipinski definition) is 1. The summed E-state index contributed by atoms with van der Waals surface area (Å²) in [7, 11) is 1.62. The molecule has 0 saturated heterocycles. The minimum atomic E-state index is -0.389. The molecule has 0 atom stereocenters. The van der Waals surface area contributed by atoms with Crippen LogP contribution in [-0.2, 0) is 0 Å². The van der Waals surface area contributed by atoms with Crippen molar-refractivity contribution in [2.45, 2.75) is 6.92 Å². The lowest BCUT2D eigenvalue weighted by Crippen LogP contribution is -2.11. The van der Waals surface area contributed by atoms with Gasteiger partial charge in [0.05, 0.1) is 12.6 Å². The van der Waals surface area contributed by atoms with Gasteiger partial charge in [-0.3, -0.25) is 4.79 Å². The van der Waals surface area contributed by atoms with E-state index >= 15 is 0 Å². The molecule has 152 valence electrons. The van der Waals surface area contributed by atoms with Crippen LogP contribution in [0.2, 0.25) is 0 Å². The van der Waals surface area contributed by atoms with Crippen LogP contribution in [0.5, 0.6) is 5.75 Å². The molecule has 0 aliphatic rings. The van der Waals surface area contributed by atoms with Crippen LogP contribution < -0.4 is 15.6 Å². The van der Waals surface area contributed by atoms with Crippen molar-refractivity contribution in [2.24, 2.45) is 0 Å². The van der Waals surface area contributed by atoms with Crippen LogP contribution in [0.1, 0.15) is 5.56 Å². The highest BCUT2D eigenvalue weighted by Gasteiger charge is 2.16. The molecule has 0 aliphatic heterocycles. The molecule has 0 radical (unpaired) electrons. The van der Waals surface area contributed by atoms with Gasteiger partial charge in [-0.2, -0.15) is 4.52 Å². The fourth-order valence-electron chi connectivity index (χ4n) is 3.43. The van der Waals surface area contributed by atoms with Crippen molar-refractivity contribution < 1.29 is 4.74 Å². The number of anilines is 2. The van der Waals surface area contributed by atoms with Gasteiger partial charge < -0.3 is 10.1 Å². The second kappa shape index (κ2) is 7.49. The maximum Gasteiger partial charge on any atom is 0.293 e. The van der Waals surface area contributed by atoms with Crippen LogP contribution in [0.4, 0.5) is 11.6 Å². The van der Waals surface area contributed by atoms with Crippen LogP contribution >= 0.6 is 0 Å². The molecule has 0 saturated carbocycles. The average Bonchev–Trinajstić information content (AvgIpc) is 3.13. The number of fused-ring (bicyclic) bond motifs is 3. The van der Waals surface area contributed by atoms with Gasteiger partial charge in [-0.25, -0.2) is 15.0 Å². The Bertz CT molecular complexity index is 1480. The number of aromatic nitrogens is 5. The van der Waals surface area contributed by atoms with Gasteiger partial charge in [-0.15, -0.1) is 5.10 Å². The van der Waals surface area contributed by atoms with Crippen molar-refractivity contribution >= 4 is 28.2 Å². The Morgan fingerprint density at radius 3 is 2.61 bits per heavy atom. The molecule has 8 heteroatoms. The number of nitrogens with one attached hydrogen (secondary N) is 1. The molecule has 8 nitrogen and oxygen atoms in total. The number of benzene rings is 2. The van der Waals surface area contributed by atoms with Gasteiger partial charge in [0.1, 0.15) is 11.4 Å². The molecule has 0 aliphatic carbocycles. The fourth-order valence-corrected chi connectivity index (χ4v) is 3.43. The molecular weight excluding hydrogens is 392 g/mol. The Morgan fingerprint density at radius 1 is 0.968 bits per heavy atom. The minimum absolute atomic E-state index is 0.298. The summed E-state index contributed by atoms with van der Waals surface area (Å²) in [6.07, 6.45) is 1.46. The first kappa shape index (κ1) is 18.7. The van der Waals surface area contributed by atoms with E-state index < -0.39 is 0 Å². The number of methoxy groups -OCH3 is 1. The van der Waals surface area contributed by atoms with E-state index in [1.54, 1.807) is 29.8 Å². The molecule has 3 aromatic heterocycles. The van der Waals surface area contributed by atoms with E-state index in [1.165, 1.54) is 6.20 Å². The number of nitrogens with zero attached hydrogens (tertiary/aromatic N) is 5. The van der Waals surface area contributed by atoms with Gasteiger partial charge in [0.2, 0.25) is 5.95 Å². The van der Waals surface area contributed by atoms with E-state index in [1.807, 2.05) is 49.4 Å². The topological polar surface area (TPSA) is 94.3 Å². The summed E-state index contributed by atoms with van der Waals surface area (Å²) in [5, 5.41) is 8.67.